The number of aromatic hydroxyl groups is 1. The van der Waals surface area contributed by atoms with Gasteiger partial charge in [-0.15, -0.1) is 0 Å². The lowest BCUT2D eigenvalue weighted by atomic mass is 9.94. The fraction of sp³-hybridized carbons (Fsp3) is 0.0952. The predicted octanol–water partition coefficient (Wildman–Crippen LogP) is 4.99. The zero-order valence-corrected chi connectivity index (χ0v) is 13.3. The van der Waals surface area contributed by atoms with Crippen LogP contribution in [0.4, 0.5) is 0 Å². The minimum absolute atomic E-state index is 0.276. The number of benzene rings is 2. The lowest BCUT2D eigenvalue weighted by molar-refractivity contribution is 0.473. The van der Waals surface area contributed by atoms with Crippen LogP contribution in [0.1, 0.15) is 27.9 Å². The minimum Gasteiger partial charge on any atom is -0.507 e. The highest BCUT2D eigenvalue weighted by Crippen LogP contribution is 2.32. The van der Waals surface area contributed by atoms with Crippen LogP contribution in [-0.2, 0) is 0 Å². The van der Waals surface area contributed by atoms with Gasteiger partial charge < -0.3 is 5.11 Å². The molecule has 1 N–H and O–H groups in total. The second-order valence-electron chi connectivity index (χ2n) is 5.70. The lowest BCUT2D eigenvalue weighted by Gasteiger charge is -2.12. The van der Waals surface area contributed by atoms with Gasteiger partial charge in [0.05, 0.1) is 5.69 Å². The van der Waals surface area contributed by atoms with Crippen molar-refractivity contribution in [2.45, 2.75) is 13.8 Å². The van der Waals surface area contributed by atoms with Gasteiger partial charge in [-0.25, -0.2) is 0 Å². The van der Waals surface area contributed by atoms with Crippen molar-refractivity contribution in [3.63, 3.8) is 0 Å². The number of pyridine rings is 1. The molecule has 0 fully saturated rings. The second kappa shape index (κ2) is 6.49. The summed E-state index contributed by atoms with van der Waals surface area (Å²) < 4.78 is 0. The van der Waals surface area contributed by atoms with Crippen molar-refractivity contribution in [3.05, 3.63) is 94.8 Å². The van der Waals surface area contributed by atoms with Gasteiger partial charge in [-0.05, 0) is 55.3 Å². The summed E-state index contributed by atoms with van der Waals surface area (Å²) in [6.45, 7) is 4.09. The van der Waals surface area contributed by atoms with E-state index in [-0.39, 0.29) is 5.75 Å². The van der Waals surface area contributed by atoms with Crippen LogP contribution < -0.4 is 0 Å². The van der Waals surface area contributed by atoms with Crippen molar-refractivity contribution in [1.82, 2.24) is 4.98 Å². The molecule has 114 valence electrons. The first-order chi connectivity index (χ1) is 11.1. The Morgan fingerprint density at radius 3 is 2.35 bits per heavy atom. The number of aryl methyl sites for hydroxylation is 2. The van der Waals surface area contributed by atoms with Gasteiger partial charge in [-0.3, -0.25) is 4.98 Å². The highest BCUT2D eigenvalue weighted by atomic mass is 16.3. The number of nitrogens with zero attached hydrogens (tertiary/aromatic N) is 1. The molecule has 0 spiro atoms. The van der Waals surface area contributed by atoms with Gasteiger partial charge >= 0.3 is 0 Å². The molecule has 2 nitrogen and oxygen atoms in total. The molecule has 2 heteroatoms. The SMILES string of the molecule is Cc1ccc(C(=Cc2ccccn2)c2cc(C)ccc2O)cc1. The minimum atomic E-state index is 0.276. The summed E-state index contributed by atoms with van der Waals surface area (Å²) in [7, 11) is 0. The van der Waals surface area contributed by atoms with Crippen molar-refractivity contribution in [1.29, 1.82) is 0 Å². The van der Waals surface area contributed by atoms with Gasteiger partial charge in [0.25, 0.3) is 0 Å². The van der Waals surface area contributed by atoms with Gasteiger partial charge in [-0.1, -0.05) is 47.5 Å². The quantitative estimate of drug-likeness (QED) is 0.739. The summed E-state index contributed by atoms with van der Waals surface area (Å²) in [5.41, 5.74) is 6.02. The molecule has 3 rings (SSSR count). The molecule has 0 saturated heterocycles. The van der Waals surface area contributed by atoms with Crippen LogP contribution in [-0.4, -0.2) is 10.1 Å². The van der Waals surface area contributed by atoms with Crippen LogP contribution in [0.3, 0.4) is 0 Å². The van der Waals surface area contributed by atoms with Crippen molar-refractivity contribution >= 4 is 11.6 Å². The smallest absolute Gasteiger partial charge is 0.123 e. The van der Waals surface area contributed by atoms with E-state index in [2.05, 4.69) is 36.2 Å². The van der Waals surface area contributed by atoms with E-state index in [1.807, 2.05) is 43.3 Å². The van der Waals surface area contributed by atoms with Gasteiger partial charge in [-0.2, -0.15) is 0 Å². The molecule has 2 aromatic carbocycles. The van der Waals surface area contributed by atoms with E-state index in [9.17, 15) is 5.11 Å². The Hall–Kier alpha value is -2.87. The summed E-state index contributed by atoms with van der Waals surface area (Å²) in [6.07, 6.45) is 3.79. The van der Waals surface area contributed by atoms with Gasteiger partial charge in [0.1, 0.15) is 5.75 Å². The average molecular weight is 301 g/mol. The van der Waals surface area contributed by atoms with E-state index >= 15 is 0 Å². The third-order valence-corrected chi connectivity index (χ3v) is 3.78. The predicted molar refractivity (Wildman–Crippen MR) is 95.2 cm³/mol. The molecular weight excluding hydrogens is 282 g/mol. The van der Waals surface area contributed by atoms with Crippen LogP contribution >= 0.6 is 0 Å². The number of rotatable bonds is 3. The first-order valence-corrected chi connectivity index (χ1v) is 7.63. The summed E-state index contributed by atoms with van der Waals surface area (Å²) >= 11 is 0. The summed E-state index contributed by atoms with van der Waals surface area (Å²) in [4.78, 5) is 4.38. The normalized spacial score (nSPS) is 11.5. The number of phenolic OH excluding ortho intramolecular Hbond substituents is 1. The molecule has 3 aromatic rings. The second-order valence-corrected chi connectivity index (χ2v) is 5.70. The Morgan fingerprint density at radius 1 is 0.913 bits per heavy atom. The first-order valence-electron chi connectivity index (χ1n) is 7.63. The average Bonchev–Trinajstić information content (AvgIpc) is 2.57. The first kappa shape index (κ1) is 15.0. The van der Waals surface area contributed by atoms with Crippen molar-refractivity contribution < 1.29 is 5.11 Å². The van der Waals surface area contributed by atoms with E-state index in [1.165, 1.54) is 5.56 Å². The van der Waals surface area contributed by atoms with E-state index < -0.39 is 0 Å². The van der Waals surface area contributed by atoms with Gasteiger partial charge in [0.15, 0.2) is 0 Å². The monoisotopic (exact) mass is 301 g/mol. The Labute approximate surface area is 136 Å². The zero-order valence-electron chi connectivity index (χ0n) is 13.3. The Morgan fingerprint density at radius 2 is 1.65 bits per heavy atom. The fourth-order valence-electron chi connectivity index (χ4n) is 2.52. The molecule has 0 aliphatic heterocycles. The maximum Gasteiger partial charge on any atom is 0.123 e. The number of hydrogen-bond donors (Lipinski definition) is 1. The van der Waals surface area contributed by atoms with Crippen molar-refractivity contribution in [2.24, 2.45) is 0 Å². The Bertz CT molecular complexity index is 833. The fourth-order valence-corrected chi connectivity index (χ4v) is 2.52. The highest BCUT2D eigenvalue weighted by Gasteiger charge is 2.11. The van der Waals surface area contributed by atoms with E-state index in [1.54, 1.807) is 12.3 Å². The van der Waals surface area contributed by atoms with E-state index in [0.717, 1.165) is 28.0 Å². The molecule has 0 aliphatic carbocycles. The van der Waals surface area contributed by atoms with Crippen LogP contribution in [0.15, 0.2) is 66.9 Å². The number of hydrogen-bond acceptors (Lipinski definition) is 2. The molecule has 0 radical (unpaired) electrons. The molecule has 0 atom stereocenters. The molecule has 0 bridgehead atoms. The molecule has 0 saturated carbocycles. The third kappa shape index (κ3) is 3.49. The molecule has 0 unspecified atom stereocenters. The highest BCUT2D eigenvalue weighted by molar-refractivity contribution is 5.92. The molecular formula is C21H19NO. The summed E-state index contributed by atoms with van der Waals surface area (Å²) in [5, 5.41) is 10.3. The molecule has 0 aliphatic rings. The van der Waals surface area contributed by atoms with Crippen LogP contribution in [0, 0.1) is 13.8 Å². The maximum atomic E-state index is 10.3. The summed E-state index contributed by atoms with van der Waals surface area (Å²) in [6, 6.07) is 19.8. The van der Waals surface area contributed by atoms with E-state index in [0.29, 0.717) is 0 Å². The van der Waals surface area contributed by atoms with Crippen LogP contribution in [0.5, 0.6) is 5.75 Å². The summed E-state index contributed by atoms with van der Waals surface area (Å²) in [5.74, 6) is 0.276. The van der Waals surface area contributed by atoms with Crippen molar-refractivity contribution in [3.8, 4) is 5.75 Å². The van der Waals surface area contributed by atoms with Gasteiger partial charge in [0, 0.05) is 11.8 Å². The maximum absolute atomic E-state index is 10.3. The Kier molecular flexibility index (Phi) is 4.24. The standard InChI is InChI=1S/C21H19NO/c1-15-6-9-17(10-7-15)19(14-18-5-3-4-12-22-18)20-13-16(2)8-11-21(20)23/h3-14,23H,1-2H3. The van der Waals surface area contributed by atoms with Gasteiger partial charge in [0.2, 0.25) is 0 Å². The van der Waals surface area contributed by atoms with Crippen molar-refractivity contribution in [2.75, 3.05) is 0 Å². The van der Waals surface area contributed by atoms with Crippen LogP contribution in [0.25, 0.3) is 11.6 Å². The molecule has 0 amide bonds. The molecule has 23 heavy (non-hydrogen) atoms. The topological polar surface area (TPSA) is 33.1 Å². The molecule has 1 aromatic heterocycles. The lowest BCUT2D eigenvalue weighted by Crippen LogP contribution is -1.92. The zero-order chi connectivity index (χ0) is 16.2. The number of phenols is 1. The van der Waals surface area contributed by atoms with E-state index in [4.69, 9.17) is 0 Å². The Balaban J connectivity index is 2.19. The molecule has 1 heterocycles. The largest absolute Gasteiger partial charge is 0.507 e. The van der Waals surface area contributed by atoms with Crippen LogP contribution in [0.2, 0.25) is 0 Å². The number of aromatic nitrogens is 1. The third-order valence-electron chi connectivity index (χ3n) is 3.78.